The van der Waals surface area contributed by atoms with Crippen LogP contribution >= 0.6 is 0 Å². The van der Waals surface area contributed by atoms with E-state index in [0.717, 1.165) is 0 Å². The molecule has 0 bridgehead atoms. The molecule has 5 nitrogen and oxygen atoms in total. The molecule has 2 rings (SSSR count). The lowest BCUT2D eigenvalue weighted by molar-refractivity contribution is -0.157. The molecule has 0 aliphatic carbocycles. The molecule has 0 aromatic heterocycles. The molecule has 5 heteroatoms. The Hall–Kier alpha value is -1.75. The number of hydrogen-bond acceptors (Lipinski definition) is 4. The molecule has 15 heavy (non-hydrogen) atoms. The Labute approximate surface area is 86.2 Å². The van der Waals surface area contributed by atoms with Crippen molar-refractivity contribution in [2.75, 3.05) is 7.11 Å². The van der Waals surface area contributed by atoms with Crippen LogP contribution in [0.15, 0.2) is 18.2 Å². The maximum absolute atomic E-state index is 10.5. The third kappa shape index (κ3) is 2.02. The quantitative estimate of drug-likeness (QED) is 0.806. The van der Waals surface area contributed by atoms with Crippen molar-refractivity contribution in [1.29, 1.82) is 0 Å². The van der Waals surface area contributed by atoms with Crippen LogP contribution in [0, 0.1) is 0 Å². The minimum absolute atomic E-state index is 0.0334. The fourth-order valence-electron chi connectivity index (χ4n) is 1.35. The summed E-state index contributed by atoms with van der Waals surface area (Å²) in [4.78, 5) is 10.5. The van der Waals surface area contributed by atoms with Crippen LogP contribution in [0.3, 0.4) is 0 Å². The van der Waals surface area contributed by atoms with Crippen molar-refractivity contribution in [3.05, 3.63) is 23.8 Å². The SMILES string of the molecule is COC1Oc2ccc(CC(=O)O)cc2O1. The normalized spacial score (nSPS) is 17.8. The van der Waals surface area contributed by atoms with E-state index in [2.05, 4.69) is 0 Å². The molecule has 1 atom stereocenters. The van der Waals surface area contributed by atoms with Gasteiger partial charge in [0.2, 0.25) is 0 Å². The summed E-state index contributed by atoms with van der Waals surface area (Å²) in [5, 5.41) is 8.62. The van der Waals surface area contributed by atoms with Crippen LogP contribution in [-0.4, -0.2) is 24.7 Å². The summed E-state index contributed by atoms with van der Waals surface area (Å²) in [5.74, 6) is 0.203. The average Bonchev–Trinajstić information content (AvgIpc) is 2.58. The zero-order valence-electron chi connectivity index (χ0n) is 8.10. The molecule has 0 radical (unpaired) electrons. The smallest absolute Gasteiger partial charge is 0.360 e. The number of fused-ring (bicyclic) bond motifs is 1. The molecule has 0 spiro atoms. The van der Waals surface area contributed by atoms with Crippen molar-refractivity contribution in [3.63, 3.8) is 0 Å². The van der Waals surface area contributed by atoms with Crippen molar-refractivity contribution >= 4 is 5.97 Å². The second kappa shape index (κ2) is 3.78. The van der Waals surface area contributed by atoms with Crippen LogP contribution in [0.5, 0.6) is 11.5 Å². The molecule has 1 aromatic carbocycles. The third-order valence-corrected chi connectivity index (χ3v) is 2.00. The number of methoxy groups -OCH3 is 1. The predicted octanol–water partition coefficient (Wildman–Crippen LogP) is 1.01. The first-order chi connectivity index (χ1) is 7.19. The fourth-order valence-corrected chi connectivity index (χ4v) is 1.35. The van der Waals surface area contributed by atoms with E-state index in [9.17, 15) is 4.79 Å². The zero-order valence-corrected chi connectivity index (χ0v) is 8.10. The van der Waals surface area contributed by atoms with Gasteiger partial charge in [-0.15, -0.1) is 0 Å². The van der Waals surface area contributed by atoms with Crippen molar-refractivity contribution in [1.82, 2.24) is 0 Å². The molecule has 0 amide bonds. The lowest BCUT2D eigenvalue weighted by Gasteiger charge is -2.05. The van der Waals surface area contributed by atoms with Gasteiger partial charge in [0, 0.05) is 7.11 Å². The van der Waals surface area contributed by atoms with E-state index in [1.807, 2.05) is 0 Å². The molecule has 1 aromatic rings. The molecule has 80 valence electrons. The van der Waals surface area contributed by atoms with Gasteiger partial charge in [0.25, 0.3) is 0 Å². The summed E-state index contributed by atoms with van der Waals surface area (Å²) in [6.45, 7) is -0.736. The second-order valence-corrected chi connectivity index (χ2v) is 3.11. The summed E-state index contributed by atoms with van der Waals surface area (Å²) in [6, 6.07) is 5.00. The van der Waals surface area contributed by atoms with Gasteiger partial charge in [0.05, 0.1) is 6.42 Å². The first-order valence-electron chi connectivity index (χ1n) is 4.40. The summed E-state index contributed by atoms with van der Waals surface area (Å²) < 4.78 is 15.3. The molecule has 1 heterocycles. The van der Waals surface area contributed by atoms with E-state index in [1.54, 1.807) is 18.2 Å². The van der Waals surface area contributed by atoms with Gasteiger partial charge in [0.1, 0.15) is 0 Å². The van der Waals surface area contributed by atoms with Crippen LogP contribution in [0.2, 0.25) is 0 Å². The Morgan fingerprint density at radius 3 is 2.87 bits per heavy atom. The topological polar surface area (TPSA) is 65.0 Å². The number of hydrogen-bond donors (Lipinski definition) is 1. The molecular formula is C10H10O5. The van der Waals surface area contributed by atoms with Gasteiger partial charge in [0.15, 0.2) is 11.5 Å². The summed E-state index contributed by atoms with van der Waals surface area (Å²) >= 11 is 0. The summed E-state index contributed by atoms with van der Waals surface area (Å²) in [6.07, 6.45) is -0.0334. The molecular weight excluding hydrogens is 200 g/mol. The van der Waals surface area contributed by atoms with Crippen molar-refractivity contribution in [2.24, 2.45) is 0 Å². The monoisotopic (exact) mass is 210 g/mol. The van der Waals surface area contributed by atoms with Gasteiger partial charge < -0.3 is 19.3 Å². The third-order valence-electron chi connectivity index (χ3n) is 2.00. The molecule has 1 aliphatic heterocycles. The van der Waals surface area contributed by atoms with Gasteiger partial charge in [-0.25, -0.2) is 0 Å². The molecule has 0 saturated carbocycles. The minimum Gasteiger partial charge on any atom is -0.481 e. The fraction of sp³-hybridized carbons (Fsp3) is 0.300. The highest BCUT2D eigenvalue weighted by atomic mass is 16.9. The van der Waals surface area contributed by atoms with Gasteiger partial charge in [-0.1, -0.05) is 6.07 Å². The molecule has 0 saturated heterocycles. The van der Waals surface area contributed by atoms with Crippen molar-refractivity contribution in [2.45, 2.75) is 12.9 Å². The van der Waals surface area contributed by atoms with E-state index in [-0.39, 0.29) is 6.42 Å². The molecule has 0 fully saturated rings. The second-order valence-electron chi connectivity index (χ2n) is 3.11. The Kier molecular flexibility index (Phi) is 2.47. The van der Waals surface area contributed by atoms with Crippen LogP contribution in [0.4, 0.5) is 0 Å². The van der Waals surface area contributed by atoms with Gasteiger partial charge in [-0.2, -0.15) is 0 Å². The van der Waals surface area contributed by atoms with Crippen molar-refractivity contribution in [3.8, 4) is 11.5 Å². The maximum atomic E-state index is 10.5. The highest BCUT2D eigenvalue weighted by molar-refractivity contribution is 5.70. The lowest BCUT2D eigenvalue weighted by atomic mass is 10.1. The number of carbonyl (C=O) groups is 1. The first-order valence-corrected chi connectivity index (χ1v) is 4.40. The van der Waals surface area contributed by atoms with Crippen LogP contribution in [-0.2, 0) is 16.0 Å². The molecule has 1 unspecified atom stereocenters. The highest BCUT2D eigenvalue weighted by Gasteiger charge is 2.23. The number of carboxylic acids is 1. The van der Waals surface area contributed by atoms with Crippen LogP contribution < -0.4 is 9.47 Å². The van der Waals surface area contributed by atoms with E-state index in [1.165, 1.54) is 7.11 Å². The Balaban J connectivity index is 2.18. The minimum atomic E-state index is -0.878. The average molecular weight is 210 g/mol. The van der Waals surface area contributed by atoms with Gasteiger partial charge in [-0.3, -0.25) is 4.79 Å². The van der Waals surface area contributed by atoms with Gasteiger partial charge in [-0.05, 0) is 17.7 Å². The molecule has 1 N–H and O–H groups in total. The number of aliphatic carboxylic acids is 1. The highest BCUT2D eigenvalue weighted by Crippen LogP contribution is 2.35. The standard InChI is InChI=1S/C10H10O5/c1-13-10-14-7-3-2-6(5-9(11)12)4-8(7)15-10/h2-4,10H,5H2,1H3,(H,11,12). The lowest BCUT2D eigenvalue weighted by Crippen LogP contribution is -2.19. The van der Waals surface area contributed by atoms with E-state index in [0.29, 0.717) is 17.1 Å². The Morgan fingerprint density at radius 2 is 2.20 bits per heavy atom. The van der Waals surface area contributed by atoms with Crippen molar-refractivity contribution < 1.29 is 24.1 Å². The first kappa shape index (κ1) is 9.79. The number of benzene rings is 1. The number of rotatable bonds is 3. The largest absolute Gasteiger partial charge is 0.481 e. The van der Waals surface area contributed by atoms with Crippen LogP contribution in [0.1, 0.15) is 5.56 Å². The summed E-state index contributed by atoms with van der Waals surface area (Å²) in [7, 11) is 1.47. The van der Waals surface area contributed by atoms with E-state index >= 15 is 0 Å². The van der Waals surface area contributed by atoms with E-state index < -0.39 is 12.4 Å². The Morgan fingerprint density at radius 1 is 1.47 bits per heavy atom. The summed E-state index contributed by atoms with van der Waals surface area (Å²) in [5.41, 5.74) is 0.668. The van der Waals surface area contributed by atoms with Gasteiger partial charge >= 0.3 is 12.4 Å². The predicted molar refractivity (Wildman–Crippen MR) is 49.8 cm³/mol. The Bertz CT molecular complexity index is 387. The number of ether oxygens (including phenoxy) is 3. The van der Waals surface area contributed by atoms with E-state index in [4.69, 9.17) is 19.3 Å². The number of carboxylic acid groups (broad SMARTS) is 1. The molecule has 1 aliphatic rings. The van der Waals surface area contributed by atoms with Crippen LogP contribution in [0.25, 0.3) is 0 Å². The zero-order chi connectivity index (χ0) is 10.8. The maximum Gasteiger partial charge on any atom is 0.360 e.